The van der Waals surface area contributed by atoms with Gasteiger partial charge in [0.2, 0.25) is 0 Å². The quantitative estimate of drug-likeness (QED) is 0.750. The third kappa shape index (κ3) is 4.44. The molecule has 0 aromatic carbocycles. The summed E-state index contributed by atoms with van der Waals surface area (Å²) >= 11 is 1.34. The molecule has 5 heteroatoms. The lowest BCUT2D eigenvalue weighted by Crippen LogP contribution is -2.06. The standard InChI is InChI=1S/C13H20F2N2S/c1-4-6-16-12-10(14)7-11(15)13(17-12)18-8-9(3)5-2/h7,9H,4-6,8H2,1-3H3,(H,16,17). The van der Waals surface area contributed by atoms with Crippen molar-refractivity contribution in [2.75, 3.05) is 17.6 Å². The summed E-state index contributed by atoms with van der Waals surface area (Å²) in [6.07, 6.45) is 1.91. The Morgan fingerprint density at radius 2 is 2.06 bits per heavy atom. The number of nitrogens with one attached hydrogen (secondary N) is 1. The van der Waals surface area contributed by atoms with Gasteiger partial charge in [-0.05, 0) is 12.3 Å². The van der Waals surface area contributed by atoms with Gasteiger partial charge in [-0.1, -0.05) is 27.2 Å². The first kappa shape index (κ1) is 15.2. The second-order valence-electron chi connectivity index (χ2n) is 4.36. The Balaban J connectivity index is 2.77. The Morgan fingerprint density at radius 3 is 2.67 bits per heavy atom. The van der Waals surface area contributed by atoms with E-state index in [1.54, 1.807) is 0 Å². The Morgan fingerprint density at radius 1 is 1.33 bits per heavy atom. The van der Waals surface area contributed by atoms with Gasteiger partial charge < -0.3 is 5.32 Å². The zero-order valence-electron chi connectivity index (χ0n) is 11.1. The summed E-state index contributed by atoms with van der Waals surface area (Å²) in [6, 6.07) is 0.907. The molecule has 0 fully saturated rings. The van der Waals surface area contributed by atoms with E-state index in [2.05, 4.69) is 24.1 Å². The number of anilines is 1. The van der Waals surface area contributed by atoms with Gasteiger partial charge in [0.1, 0.15) is 5.03 Å². The van der Waals surface area contributed by atoms with Gasteiger partial charge in [-0.15, -0.1) is 11.8 Å². The van der Waals surface area contributed by atoms with Gasteiger partial charge in [-0.3, -0.25) is 0 Å². The van der Waals surface area contributed by atoms with Crippen LogP contribution in [0.25, 0.3) is 0 Å². The van der Waals surface area contributed by atoms with Crippen LogP contribution >= 0.6 is 11.8 Å². The molecule has 0 radical (unpaired) electrons. The van der Waals surface area contributed by atoms with Gasteiger partial charge in [0.25, 0.3) is 0 Å². The molecule has 1 aromatic heterocycles. The lowest BCUT2D eigenvalue weighted by molar-refractivity contribution is 0.550. The Bertz CT molecular complexity index is 385. The van der Waals surface area contributed by atoms with Crippen LogP contribution in [-0.2, 0) is 0 Å². The minimum Gasteiger partial charge on any atom is -0.368 e. The van der Waals surface area contributed by atoms with Crippen LogP contribution in [-0.4, -0.2) is 17.3 Å². The first-order valence-corrected chi connectivity index (χ1v) is 7.29. The summed E-state index contributed by atoms with van der Waals surface area (Å²) < 4.78 is 27.0. The predicted molar refractivity (Wildman–Crippen MR) is 73.1 cm³/mol. The average molecular weight is 274 g/mol. The minimum absolute atomic E-state index is 0.143. The van der Waals surface area contributed by atoms with Crippen molar-refractivity contribution in [3.05, 3.63) is 17.7 Å². The van der Waals surface area contributed by atoms with E-state index >= 15 is 0 Å². The summed E-state index contributed by atoms with van der Waals surface area (Å²) in [7, 11) is 0. The fourth-order valence-corrected chi connectivity index (χ4v) is 2.29. The van der Waals surface area contributed by atoms with Crippen molar-refractivity contribution in [1.29, 1.82) is 0 Å². The summed E-state index contributed by atoms with van der Waals surface area (Å²) in [5.41, 5.74) is 0. The maximum Gasteiger partial charge on any atom is 0.168 e. The topological polar surface area (TPSA) is 24.9 Å². The van der Waals surface area contributed by atoms with Crippen LogP contribution in [0.1, 0.15) is 33.6 Å². The average Bonchev–Trinajstić information content (AvgIpc) is 2.36. The molecule has 0 saturated carbocycles. The van der Waals surface area contributed by atoms with Gasteiger partial charge in [0.15, 0.2) is 17.5 Å². The van der Waals surface area contributed by atoms with Crippen molar-refractivity contribution >= 4 is 17.6 Å². The number of pyridine rings is 1. The number of hydrogen-bond acceptors (Lipinski definition) is 3. The molecule has 1 N–H and O–H groups in total. The molecule has 1 aromatic rings. The Labute approximate surface area is 112 Å². The van der Waals surface area contributed by atoms with E-state index in [1.807, 2.05) is 6.92 Å². The molecule has 18 heavy (non-hydrogen) atoms. The van der Waals surface area contributed by atoms with Crippen LogP contribution < -0.4 is 5.32 Å². The van der Waals surface area contributed by atoms with Crippen LogP contribution in [0.3, 0.4) is 0 Å². The number of aromatic nitrogens is 1. The summed E-state index contributed by atoms with van der Waals surface area (Å²) in [5, 5.41) is 3.14. The van der Waals surface area contributed by atoms with Crippen LogP contribution in [0, 0.1) is 17.6 Å². The predicted octanol–water partition coefficient (Wildman–Crippen LogP) is 4.32. The summed E-state index contributed by atoms with van der Waals surface area (Å²) in [6.45, 7) is 6.80. The number of thioether (sulfide) groups is 1. The van der Waals surface area contributed by atoms with Gasteiger partial charge in [0.05, 0.1) is 0 Å². The Hall–Kier alpha value is -0.840. The molecule has 0 spiro atoms. The van der Waals surface area contributed by atoms with Crippen molar-refractivity contribution < 1.29 is 8.78 Å². The maximum atomic E-state index is 13.6. The first-order valence-electron chi connectivity index (χ1n) is 6.31. The zero-order valence-corrected chi connectivity index (χ0v) is 11.9. The molecule has 1 atom stereocenters. The van der Waals surface area contributed by atoms with Gasteiger partial charge in [0, 0.05) is 18.4 Å². The molecule has 1 rings (SSSR count). The van der Waals surface area contributed by atoms with Crippen molar-refractivity contribution in [1.82, 2.24) is 4.98 Å². The highest BCUT2D eigenvalue weighted by Gasteiger charge is 2.13. The molecule has 0 bridgehead atoms. The number of nitrogens with zero attached hydrogens (tertiary/aromatic N) is 1. The fraction of sp³-hybridized carbons (Fsp3) is 0.615. The highest BCUT2D eigenvalue weighted by atomic mass is 32.2. The van der Waals surface area contributed by atoms with Crippen molar-refractivity contribution in [2.45, 2.75) is 38.6 Å². The summed E-state index contributed by atoms with van der Waals surface area (Å²) in [5.74, 6) is 0.217. The number of rotatable bonds is 7. The maximum absolute atomic E-state index is 13.6. The highest BCUT2D eigenvalue weighted by Crippen LogP contribution is 2.26. The third-order valence-electron chi connectivity index (χ3n) is 2.64. The molecule has 1 unspecified atom stereocenters. The van der Waals surface area contributed by atoms with Gasteiger partial charge >= 0.3 is 0 Å². The Kier molecular flexibility index (Phi) is 6.39. The van der Waals surface area contributed by atoms with E-state index < -0.39 is 11.6 Å². The van der Waals surface area contributed by atoms with E-state index in [4.69, 9.17) is 0 Å². The SMILES string of the molecule is CCCNc1nc(SCC(C)CC)c(F)cc1F. The van der Waals surface area contributed by atoms with E-state index in [0.29, 0.717) is 12.5 Å². The molecule has 0 aliphatic heterocycles. The summed E-state index contributed by atoms with van der Waals surface area (Å²) in [4.78, 5) is 4.02. The van der Waals surface area contributed by atoms with Crippen LogP contribution in [0.15, 0.2) is 11.1 Å². The van der Waals surface area contributed by atoms with Crippen LogP contribution in [0.5, 0.6) is 0 Å². The van der Waals surface area contributed by atoms with E-state index in [9.17, 15) is 8.78 Å². The normalized spacial score (nSPS) is 12.5. The lowest BCUT2D eigenvalue weighted by Gasteiger charge is -2.10. The monoisotopic (exact) mass is 274 g/mol. The highest BCUT2D eigenvalue weighted by molar-refractivity contribution is 7.99. The molecule has 102 valence electrons. The molecule has 1 heterocycles. The smallest absolute Gasteiger partial charge is 0.168 e. The van der Waals surface area contributed by atoms with E-state index in [-0.39, 0.29) is 10.8 Å². The van der Waals surface area contributed by atoms with E-state index in [1.165, 1.54) is 11.8 Å². The van der Waals surface area contributed by atoms with Crippen molar-refractivity contribution in [3.63, 3.8) is 0 Å². The molecular weight excluding hydrogens is 254 g/mol. The minimum atomic E-state index is -0.631. The van der Waals surface area contributed by atoms with Gasteiger partial charge in [-0.2, -0.15) is 0 Å². The van der Waals surface area contributed by atoms with Gasteiger partial charge in [-0.25, -0.2) is 13.8 Å². The molecule has 0 aliphatic rings. The molecule has 0 amide bonds. The first-order chi connectivity index (χ1) is 8.58. The molecular formula is C13H20F2N2S. The number of halogens is 2. The number of hydrogen-bond donors (Lipinski definition) is 1. The lowest BCUT2D eigenvalue weighted by atomic mass is 10.2. The largest absolute Gasteiger partial charge is 0.368 e. The molecule has 0 saturated heterocycles. The fourth-order valence-electron chi connectivity index (χ4n) is 1.26. The zero-order chi connectivity index (χ0) is 13.5. The second kappa shape index (κ2) is 7.56. The van der Waals surface area contributed by atoms with Crippen molar-refractivity contribution in [3.8, 4) is 0 Å². The molecule has 0 aliphatic carbocycles. The van der Waals surface area contributed by atoms with Crippen LogP contribution in [0.2, 0.25) is 0 Å². The second-order valence-corrected chi connectivity index (χ2v) is 5.37. The van der Waals surface area contributed by atoms with Crippen LogP contribution in [0.4, 0.5) is 14.6 Å². The van der Waals surface area contributed by atoms with E-state index in [0.717, 1.165) is 24.7 Å². The third-order valence-corrected chi connectivity index (χ3v) is 3.94. The molecule has 2 nitrogen and oxygen atoms in total. The van der Waals surface area contributed by atoms with Crippen molar-refractivity contribution in [2.24, 2.45) is 5.92 Å².